The van der Waals surface area contributed by atoms with Crippen LogP contribution in [-0.4, -0.2) is 37.3 Å². The van der Waals surface area contributed by atoms with Crippen molar-refractivity contribution >= 4 is 10.9 Å². The number of ether oxygens (including phenoxy) is 1. The van der Waals surface area contributed by atoms with E-state index in [4.69, 9.17) is 4.74 Å². The van der Waals surface area contributed by atoms with E-state index in [0.29, 0.717) is 17.3 Å². The molecule has 0 saturated carbocycles. The second-order valence-corrected chi connectivity index (χ2v) is 6.38. The van der Waals surface area contributed by atoms with Crippen LogP contribution in [0.25, 0.3) is 39.2 Å². The van der Waals surface area contributed by atoms with Crippen molar-refractivity contribution < 1.29 is 4.74 Å². The fourth-order valence-electron chi connectivity index (χ4n) is 3.27. The van der Waals surface area contributed by atoms with Gasteiger partial charge in [-0.2, -0.15) is 0 Å². The summed E-state index contributed by atoms with van der Waals surface area (Å²) in [4.78, 5) is 10.3. The Kier molecular flexibility index (Phi) is 4.18. The molecular weight excluding hydrogens is 364 g/mol. The van der Waals surface area contributed by atoms with Crippen LogP contribution in [0.4, 0.5) is 0 Å². The summed E-state index contributed by atoms with van der Waals surface area (Å²) in [6, 6.07) is 21.5. The summed E-state index contributed by atoms with van der Waals surface area (Å²) in [6.45, 7) is 0. The number of pyridine rings is 2. The van der Waals surface area contributed by atoms with Crippen molar-refractivity contribution in [1.82, 2.24) is 30.2 Å². The summed E-state index contributed by atoms with van der Waals surface area (Å²) in [5, 5.41) is 13.8. The topological polar surface area (TPSA) is 78.6 Å². The van der Waals surface area contributed by atoms with Crippen molar-refractivity contribution in [1.29, 1.82) is 0 Å². The fraction of sp³-hybridized carbons (Fsp3) is 0.0455. The molecule has 3 aromatic heterocycles. The zero-order valence-corrected chi connectivity index (χ0v) is 15.6. The van der Waals surface area contributed by atoms with Gasteiger partial charge >= 0.3 is 0 Å². The third-order valence-electron chi connectivity index (χ3n) is 4.65. The van der Waals surface area contributed by atoms with Crippen LogP contribution in [0.3, 0.4) is 0 Å². The maximum atomic E-state index is 5.67. The molecule has 0 amide bonds. The molecule has 5 rings (SSSR count). The SMILES string of the molecule is COc1cc(-n2nnc(-c3ccccn3)n2)ccc1-c1cccc2cccnc12. The molecule has 7 nitrogen and oxygen atoms in total. The van der Waals surface area contributed by atoms with Gasteiger partial charge in [0.15, 0.2) is 0 Å². The first kappa shape index (κ1) is 17.0. The second-order valence-electron chi connectivity index (χ2n) is 6.38. The van der Waals surface area contributed by atoms with E-state index < -0.39 is 0 Å². The Morgan fingerprint density at radius 2 is 1.72 bits per heavy atom. The van der Waals surface area contributed by atoms with E-state index in [1.165, 1.54) is 4.80 Å². The summed E-state index contributed by atoms with van der Waals surface area (Å²) in [5.74, 6) is 1.17. The molecule has 0 aliphatic rings. The molecule has 29 heavy (non-hydrogen) atoms. The van der Waals surface area contributed by atoms with Gasteiger partial charge in [0.25, 0.3) is 0 Å². The van der Waals surface area contributed by atoms with Crippen molar-refractivity contribution in [3.8, 4) is 34.1 Å². The van der Waals surface area contributed by atoms with E-state index >= 15 is 0 Å². The van der Waals surface area contributed by atoms with E-state index in [-0.39, 0.29) is 0 Å². The van der Waals surface area contributed by atoms with Crippen molar-refractivity contribution in [2.45, 2.75) is 0 Å². The van der Waals surface area contributed by atoms with Crippen LogP contribution in [-0.2, 0) is 0 Å². The van der Waals surface area contributed by atoms with Crippen molar-refractivity contribution in [2.24, 2.45) is 0 Å². The number of benzene rings is 2. The smallest absolute Gasteiger partial charge is 0.223 e. The van der Waals surface area contributed by atoms with Crippen molar-refractivity contribution in [3.63, 3.8) is 0 Å². The van der Waals surface area contributed by atoms with Gasteiger partial charge in [-0.25, -0.2) is 0 Å². The first-order valence-corrected chi connectivity index (χ1v) is 9.07. The molecule has 0 atom stereocenters. The maximum Gasteiger partial charge on any atom is 0.223 e. The average molecular weight is 380 g/mol. The van der Waals surface area contributed by atoms with Crippen LogP contribution in [0, 0.1) is 0 Å². The van der Waals surface area contributed by atoms with Crippen molar-refractivity contribution in [3.05, 3.63) is 79.1 Å². The summed E-state index contributed by atoms with van der Waals surface area (Å²) in [7, 11) is 1.65. The second kappa shape index (κ2) is 7.12. The Bertz CT molecular complexity index is 1290. The number of hydrogen-bond acceptors (Lipinski definition) is 6. The molecule has 0 N–H and O–H groups in total. The Labute approximate surface area is 166 Å². The Morgan fingerprint density at radius 3 is 2.59 bits per heavy atom. The average Bonchev–Trinajstić information content (AvgIpc) is 3.29. The predicted molar refractivity (Wildman–Crippen MR) is 110 cm³/mol. The van der Waals surface area contributed by atoms with Gasteiger partial charge in [0.05, 0.1) is 18.3 Å². The van der Waals surface area contributed by atoms with Crippen LogP contribution in [0.1, 0.15) is 0 Å². The summed E-state index contributed by atoms with van der Waals surface area (Å²) >= 11 is 0. The summed E-state index contributed by atoms with van der Waals surface area (Å²) in [5.41, 5.74) is 4.30. The molecule has 2 aromatic carbocycles. The fourth-order valence-corrected chi connectivity index (χ4v) is 3.27. The highest BCUT2D eigenvalue weighted by molar-refractivity contribution is 5.95. The molecule has 0 bridgehead atoms. The van der Waals surface area contributed by atoms with E-state index in [9.17, 15) is 0 Å². The summed E-state index contributed by atoms with van der Waals surface area (Å²) < 4.78 is 5.67. The van der Waals surface area contributed by atoms with Gasteiger partial charge < -0.3 is 4.74 Å². The molecule has 140 valence electrons. The predicted octanol–water partition coefficient (Wildman–Crippen LogP) is 3.95. The first-order chi connectivity index (χ1) is 14.3. The lowest BCUT2D eigenvalue weighted by Gasteiger charge is -2.12. The molecule has 0 saturated heterocycles. The highest BCUT2D eigenvalue weighted by Gasteiger charge is 2.14. The molecule has 0 aliphatic heterocycles. The standard InChI is InChI=1S/C22H16N6O/c1-29-20-14-16(28-26-22(25-27-28)19-9-2-3-12-23-19)10-11-17(20)18-8-4-6-15-7-5-13-24-21(15)18/h2-14H,1H3. The van der Waals surface area contributed by atoms with Gasteiger partial charge in [-0.3, -0.25) is 9.97 Å². The number of aromatic nitrogens is 6. The van der Waals surface area contributed by atoms with Crippen LogP contribution in [0.5, 0.6) is 5.75 Å². The number of fused-ring (bicyclic) bond motifs is 1. The largest absolute Gasteiger partial charge is 0.496 e. The zero-order valence-electron chi connectivity index (χ0n) is 15.6. The Balaban J connectivity index is 1.58. The number of rotatable bonds is 4. The van der Waals surface area contributed by atoms with Crippen LogP contribution >= 0.6 is 0 Å². The molecular formula is C22H16N6O. The molecule has 0 spiro atoms. The van der Waals surface area contributed by atoms with Gasteiger partial charge in [-0.15, -0.1) is 15.0 Å². The highest BCUT2D eigenvalue weighted by atomic mass is 16.5. The number of tetrazole rings is 1. The zero-order chi connectivity index (χ0) is 19.6. The van der Waals surface area contributed by atoms with Gasteiger partial charge in [-0.1, -0.05) is 30.3 Å². The Morgan fingerprint density at radius 1 is 0.828 bits per heavy atom. The normalized spacial score (nSPS) is 10.9. The Hall–Kier alpha value is -4.13. The number of nitrogens with zero attached hydrogens (tertiary/aromatic N) is 6. The molecule has 5 aromatic rings. The minimum absolute atomic E-state index is 0.465. The lowest BCUT2D eigenvalue weighted by molar-refractivity contribution is 0.416. The lowest BCUT2D eigenvalue weighted by Crippen LogP contribution is -2.00. The van der Waals surface area contributed by atoms with Crippen LogP contribution in [0.15, 0.2) is 79.1 Å². The monoisotopic (exact) mass is 380 g/mol. The third-order valence-corrected chi connectivity index (χ3v) is 4.65. The van der Waals surface area contributed by atoms with Crippen LogP contribution in [0.2, 0.25) is 0 Å². The molecule has 0 fully saturated rings. The van der Waals surface area contributed by atoms with E-state index in [2.05, 4.69) is 25.4 Å². The summed E-state index contributed by atoms with van der Waals surface area (Å²) in [6.07, 6.45) is 3.50. The van der Waals surface area contributed by atoms with Gasteiger partial charge in [-0.05, 0) is 35.5 Å². The minimum Gasteiger partial charge on any atom is -0.496 e. The van der Waals surface area contributed by atoms with E-state index in [1.54, 1.807) is 19.5 Å². The lowest BCUT2D eigenvalue weighted by atomic mass is 10.0. The van der Waals surface area contributed by atoms with E-state index in [0.717, 1.165) is 27.7 Å². The highest BCUT2D eigenvalue weighted by Crippen LogP contribution is 2.35. The van der Waals surface area contributed by atoms with Gasteiger partial charge in [0.2, 0.25) is 5.82 Å². The molecule has 7 heteroatoms. The van der Waals surface area contributed by atoms with Crippen molar-refractivity contribution in [2.75, 3.05) is 7.11 Å². The van der Waals surface area contributed by atoms with E-state index in [1.807, 2.05) is 66.7 Å². The molecule has 0 unspecified atom stereocenters. The van der Waals surface area contributed by atoms with Gasteiger partial charge in [0, 0.05) is 35.0 Å². The third kappa shape index (κ3) is 3.08. The number of methoxy groups -OCH3 is 1. The number of hydrogen-bond donors (Lipinski definition) is 0. The first-order valence-electron chi connectivity index (χ1n) is 9.07. The molecule has 0 aliphatic carbocycles. The van der Waals surface area contributed by atoms with Gasteiger partial charge in [0.1, 0.15) is 11.4 Å². The van der Waals surface area contributed by atoms with Crippen LogP contribution < -0.4 is 4.74 Å². The maximum absolute atomic E-state index is 5.67. The minimum atomic E-state index is 0.465. The molecule has 0 radical (unpaired) electrons. The quantitative estimate of drug-likeness (QED) is 0.470. The number of para-hydroxylation sites is 1. The molecule has 3 heterocycles.